The van der Waals surface area contributed by atoms with Gasteiger partial charge in [0.25, 0.3) is 0 Å². The Kier molecular flexibility index (Phi) is 123. The van der Waals surface area contributed by atoms with Crippen molar-refractivity contribution in [1.82, 2.24) is 0 Å². The molecule has 0 fully saturated rings. The van der Waals surface area contributed by atoms with Gasteiger partial charge in [0.05, 0.1) is 0 Å². The predicted octanol–water partition coefficient (Wildman–Crippen LogP) is -3.21. The maximum absolute atomic E-state index is 0. The molecular weight excluding hydrogens is 177 g/mol. The second-order valence-corrected chi connectivity index (χ2v) is 0. The van der Waals surface area contributed by atoms with Gasteiger partial charge in [0.2, 0.25) is 0 Å². The molecule has 0 saturated carbocycles. The van der Waals surface area contributed by atoms with Crippen LogP contribution >= 0.6 is 9.90 Å². The Morgan fingerprint density at radius 2 is 1.25 bits per heavy atom. The van der Waals surface area contributed by atoms with Gasteiger partial charge in [-0.1, -0.05) is 0 Å². The monoisotopic (exact) mass is 183 g/mol. The molecule has 0 aliphatic rings. The van der Waals surface area contributed by atoms with Gasteiger partial charge < -0.3 is 1.43 Å². The molecule has 0 aromatic carbocycles. The Balaban J connectivity index is 0. The van der Waals surface area contributed by atoms with E-state index >= 15 is 0 Å². The normalized spacial score (nSPS) is 0. The summed E-state index contributed by atoms with van der Waals surface area (Å²) in [6.07, 6.45) is 0. The molecule has 4 heavy (non-hydrogen) atoms. The van der Waals surface area contributed by atoms with Gasteiger partial charge in [-0.3, -0.25) is 0 Å². The molecule has 19 valence electrons. The Labute approximate surface area is 90.2 Å². The third-order valence-electron chi connectivity index (χ3n) is 0. The van der Waals surface area contributed by atoms with Crippen molar-refractivity contribution in [3.63, 3.8) is 0 Å². The largest absolute Gasteiger partial charge is 1.00 e. The molecule has 0 amide bonds. The van der Waals surface area contributed by atoms with E-state index in [0.717, 1.165) is 0 Å². The van der Waals surface area contributed by atoms with Crippen molar-refractivity contribution in [1.29, 1.82) is 0 Å². The molecule has 0 heterocycles. The van der Waals surface area contributed by atoms with E-state index in [0.29, 0.717) is 0 Å². The predicted molar refractivity (Wildman–Crippen MR) is 18.0 cm³/mol. The maximum Gasteiger partial charge on any atom is 1.00 e. The third kappa shape index (κ3) is 8.84. The van der Waals surface area contributed by atoms with E-state index in [4.69, 9.17) is 0 Å². The Morgan fingerprint density at radius 1 is 1.25 bits per heavy atom. The first kappa shape index (κ1) is 29.1. The molecule has 1 atom stereocenters. The molecule has 3 radical (unpaired) electrons. The summed E-state index contributed by atoms with van der Waals surface area (Å²) in [5, 5.41) is 0. The van der Waals surface area contributed by atoms with Gasteiger partial charge in [0.1, 0.15) is 0 Å². The zero-order chi connectivity index (χ0) is 0. The van der Waals surface area contributed by atoms with Gasteiger partial charge in [-0.15, -0.1) is 0 Å². The summed E-state index contributed by atoms with van der Waals surface area (Å²) in [7, 11) is 0. The Morgan fingerprint density at radius 3 is 1.25 bits per heavy atom. The van der Waals surface area contributed by atoms with Crippen molar-refractivity contribution in [2.24, 2.45) is 0 Å². The maximum atomic E-state index is 0. The van der Waals surface area contributed by atoms with E-state index in [1.165, 1.54) is 0 Å². The quantitative estimate of drug-likeness (QED) is 0.272. The fourth-order valence-electron chi connectivity index (χ4n) is 0. The number of rotatable bonds is 0. The molecule has 0 spiro atoms. The first-order valence-electron chi connectivity index (χ1n) is 0. The van der Waals surface area contributed by atoms with Crippen LogP contribution in [0.25, 0.3) is 0 Å². The first-order valence-corrected chi connectivity index (χ1v) is 0. The zero-order valence-corrected chi connectivity index (χ0v) is 9.24. The summed E-state index contributed by atoms with van der Waals surface area (Å²) >= 11 is 0. The van der Waals surface area contributed by atoms with Crippen LogP contribution in [-0.2, 0) is 21.1 Å². The van der Waals surface area contributed by atoms with E-state index in [-0.39, 0.29) is 92.2 Å². The van der Waals surface area contributed by atoms with Gasteiger partial charge in [-0.05, 0) is 0 Å². The van der Waals surface area contributed by atoms with Crippen LogP contribution in [0.2, 0.25) is 0 Å². The molecule has 0 aromatic rings. The van der Waals surface area contributed by atoms with E-state index < -0.39 is 0 Å². The summed E-state index contributed by atoms with van der Waals surface area (Å²) in [4.78, 5) is 0. The Hall–Kier alpha value is 2.82. The SMILES string of the molecule is P.[B].[H-].[K+].[Mo]. The average molecular weight is 181 g/mol. The van der Waals surface area contributed by atoms with Crippen LogP contribution in [0.1, 0.15) is 1.43 Å². The molecule has 4 heteroatoms. The van der Waals surface area contributed by atoms with Crippen molar-refractivity contribution >= 4 is 18.3 Å². The van der Waals surface area contributed by atoms with Crippen LogP contribution in [-0.4, -0.2) is 8.41 Å². The molecule has 0 bridgehead atoms. The van der Waals surface area contributed by atoms with E-state index in [2.05, 4.69) is 0 Å². The van der Waals surface area contributed by atoms with Crippen LogP contribution in [0.15, 0.2) is 0 Å². The van der Waals surface area contributed by atoms with Gasteiger partial charge in [0.15, 0.2) is 0 Å². The standard InChI is InChI=1S/B.K.Mo.H3P.H/h;;;1H3;/q;+1;;;-1. The van der Waals surface area contributed by atoms with Crippen LogP contribution in [0, 0.1) is 0 Å². The minimum Gasteiger partial charge on any atom is -1.00 e. The second-order valence-electron chi connectivity index (χ2n) is 0. The molecule has 1 unspecified atom stereocenters. The average Bonchev–Trinajstić information content (AvgIpc) is 0. The zero-order valence-electron chi connectivity index (χ0n) is 3.69. The summed E-state index contributed by atoms with van der Waals surface area (Å²) in [6, 6.07) is 0. The summed E-state index contributed by atoms with van der Waals surface area (Å²) in [5.41, 5.74) is 0. The molecule has 0 saturated heterocycles. The molecule has 0 rings (SSSR count). The summed E-state index contributed by atoms with van der Waals surface area (Å²) in [5.74, 6) is 0. The van der Waals surface area contributed by atoms with Crippen molar-refractivity contribution in [2.45, 2.75) is 0 Å². The van der Waals surface area contributed by atoms with Gasteiger partial charge in [-0.2, -0.15) is 9.90 Å². The minimum absolute atomic E-state index is 0. The van der Waals surface area contributed by atoms with E-state index in [9.17, 15) is 0 Å². The van der Waals surface area contributed by atoms with Crippen LogP contribution < -0.4 is 51.4 Å². The third-order valence-corrected chi connectivity index (χ3v) is 0. The molecule has 0 aromatic heterocycles. The van der Waals surface area contributed by atoms with Crippen LogP contribution in [0.5, 0.6) is 0 Å². The second kappa shape index (κ2) is 17.0. The van der Waals surface area contributed by atoms with Gasteiger partial charge in [-0.25, -0.2) is 0 Å². The smallest absolute Gasteiger partial charge is 1.00 e. The molecular formula is H4BKMoP. The summed E-state index contributed by atoms with van der Waals surface area (Å²) in [6.45, 7) is 0. The van der Waals surface area contributed by atoms with E-state index in [1.54, 1.807) is 0 Å². The van der Waals surface area contributed by atoms with Crippen LogP contribution in [0.4, 0.5) is 0 Å². The Bertz CT molecular complexity index is 11.6. The fraction of sp³-hybridized carbons (Fsp3) is 0. The molecule has 0 aliphatic heterocycles. The molecule has 0 N–H and O–H groups in total. The first-order chi connectivity index (χ1) is 0. The van der Waals surface area contributed by atoms with Gasteiger partial charge >= 0.3 is 51.4 Å². The van der Waals surface area contributed by atoms with Crippen molar-refractivity contribution in [3.8, 4) is 0 Å². The van der Waals surface area contributed by atoms with Crippen LogP contribution in [0.3, 0.4) is 0 Å². The molecule has 0 nitrogen and oxygen atoms in total. The molecule has 0 aliphatic carbocycles. The number of hydrogen-bond donors (Lipinski definition) is 0. The van der Waals surface area contributed by atoms with Gasteiger partial charge in [0, 0.05) is 29.5 Å². The van der Waals surface area contributed by atoms with Crippen molar-refractivity contribution in [3.05, 3.63) is 0 Å². The summed E-state index contributed by atoms with van der Waals surface area (Å²) < 4.78 is 0. The fourth-order valence-corrected chi connectivity index (χ4v) is 0. The minimum atomic E-state index is 0. The topological polar surface area (TPSA) is 0 Å². The van der Waals surface area contributed by atoms with Crippen molar-refractivity contribution in [2.75, 3.05) is 0 Å². The number of hydrogen-bond acceptors (Lipinski definition) is 0. The van der Waals surface area contributed by atoms with E-state index in [1.807, 2.05) is 0 Å². The van der Waals surface area contributed by atoms with Crippen molar-refractivity contribution < 1.29 is 73.9 Å².